The van der Waals surface area contributed by atoms with Crippen LogP contribution in [0.5, 0.6) is 0 Å². The van der Waals surface area contributed by atoms with Crippen molar-refractivity contribution in [3.63, 3.8) is 0 Å². The fourth-order valence-corrected chi connectivity index (χ4v) is 9.72. The third-order valence-electron chi connectivity index (χ3n) is 8.82. The average Bonchev–Trinajstić information content (AvgIpc) is 3.66. The highest BCUT2D eigenvalue weighted by atomic mass is 32.2. The normalized spacial score (nSPS) is 21.2. The average molecular weight is 710 g/mol. The Kier molecular flexibility index (Phi) is 14.7. The molecule has 1 spiro atoms. The van der Waals surface area contributed by atoms with E-state index >= 15 is 0 Å². The fourth-order valence-electron chi connectivity index (χ4n) is 6.46. The molecular weight excluding hydrogens is 655 g/mol. The number of ether oxygens (including phenoxy) is 1. The molecule has 0 aromatic heterocycles. The van der Waals surface area contributed by atoms with Crippen molar-refractivity contribution in [1.82, 2.24) is 26.2 Å². The number of amides is 5. The number of thioether (sulfide) groups is 2. The zero-order chi connectivity index (χ0) is 35.6. The fraction of sp³-hybridized carbons (Fsp3) is 0.765. The maximum absolute atomic E-state index is 14.6. The van der Waals surface area contributed by atoms with Crippen molar-refractivity contribution in [2.75, 3.05) is 24.6 Å². The van der Waals surface area contributed by atoms with E-state index in [0.717, 1.165) is 43.6 Å². The van der Waals surface area contributed by atoms with Crippen molar-refractivity contribution >= 4 is 59.0 Å². The van der Waals surface area contributed by atoms with E-state index in [0.29, 0.717) is 19.4 Å². The molecule has 1 unspecified atom stereocenters. The Morgan fingerprint density at radius 3 is 2.21 bits per heavy atom. The van der Waals surface area contributed by atoms with Crippen LogP contribution in [0.4, 0.5) is 4.79 Å². The van der Waals surface area contributed by atoms with Crippen LogP contribution in [-0.2, 0) is 28.7 Å². The Bertz CT molecular complexity index is 1190. The molecule has 0 aromatic rings. The van der Waals surface area contributed by atoms with Gasteiger partial charge in [0.05, 0.1) is 10.1 Å². The first-order valence-corrected chi connectivity index (χ1v) is 19.2. The summed E-state index contributed by atoms with van der Waals surface area (Å²) >= 11 is 3.44. The maximum atomic E-state index is 14.6. The van der Waals surface area contributed by atoms with Gasteiger partial charge < -0.3 is 30.9 Å². The standard InChI is InChI=1S/C34H55N5O7S2/c1-8-13-23(27(40)29(42)35-16-9-2)36-28(41)24-19-34(47-17-18-48-34)20-39(24)30(43)26(22-14-11-10-12-15-22)38-32(45)37-25(21(3)4)31(44)46-33(5,6)7/h9,21-26H,2,8,10-20H2,1,3-7H3,(H,35,42)(H,36,41)(H2,37,38,45)/t23?,24-,25-,26-/m0/s1. The summed E-state index contributed by atoms with van der Waals surface area (Å²) < 4.78 is 5.16. The Morgan fingerprint density at radius 1 is 1.00 bits per heavy atom. The zero-order valence-corrected chi connectivity index (χ0v) is 31.0. The summed E-state index contributed by atoms with van der Waals surface area (Å²) in [6.45, 7) is 14.7. The summed E-state index contributed by atoms with van der Waals surface area (Å²) in [5, 5.41) is 10.9. The molecule has 14 heteroatoms. The van der Waals surface area contributed by atoms with Crippen molar-refractivity contribution < 1.29 is 33.5 Å². The first-order chi connectivity index (χ1) is 22.6. The minimum Gasteiger partial charge on any atom is -0.458 e. The highest BCUT2D eigenvalue weighted by molar-refractivity contribution is 8.21. The van der Waals surface area contributed by atoms with E-state index in [1.165, 1.54) is 6.08 Å². The molecule has 2 saturated heterocycles. The van der Waals surface area contributed by atoms with Crippen LogP contribution in [0.1, 0.15) is 92.9 Å². The van der Waals surface area contributed by atoms with Gasteiger partial charge in [0, 0.05) is 31.0 Å². The molecule has 5 amide bonds. The Balaban J connectivity index is 1.87. The molecule has 4 atom stereocenters. The summed E-state index contributed by atoms with van der Waals surface area (Å²) in [7, 11) is 0. The third-order valence-corrected chi connectivity index (χ3v) is 12.2. The van der Waals surface area contributed by atoms with E-state index in [4.69, 9.17) is 4.74 Å². The van der Waals surface area contributed by atoms with Gasteiger partial charge in [-0.1, -0.05) is 52.5 Å². The van der Waals surface area contributed by atoms with Gasteiger partial charge in [0.1, 0.15) is 23.7 Å². The number of hydrogen-bond acceptors (Lipinski definition) is 9. The summed E-state index contributed by atoms with van der Waals surface area (Å²) in [6.07, 6.45) is 7.01. The van der Waals surface area contributed by atoms with Gasteiger partial charge in [0.25, 0.3) is 5.91 Å². The van der Waals surface area contributed by atoms with Crippen molar-refractivity contribution in [3.8, 4) is 0 Å². The number of likely N-dealkylation sites (tertiary alicyclic amines) is 1. The molecule has 4 N–H and O–H groups in total. The lowest BCUT2D eigenvalue weighted by Crippen LogP contribution is -2.60. The number of nitrogens with zero attached hydrogens (tertiary/aromatic N) is 1. The predicted octanol–water partition coefficient (Wildman–Crippen LogP) is 3.53. The first kappa shape index (κ1) is 39.7. The summed E-state index contributed by atoms with van der Waals surface area (Å²) in [5.74, 6) is -1.61. The molecular formula is C34H55N5O7S2. The van der Waals surface area contributed by atoms with Gasteiger partial charge in [0.15, 0.2) is 0 Å². The molecule has 270 valence electrons. The second-order valence-electron chi connectivity index (χ2n) is 14.3. The second-order valence-corrected chi connectivity index (χ2v) is 17.5. The van der Waals surface area contributed by atoms with Crippen LogP contribution in [0, 0.1) is 11.8 Å². The topological polar surface area (TPSA) is 163 Å². The molecule has 0 radical (unpaired) electrons. The smallest absolute Gasteiger partial charge is 0.329 e. The number of rotatable bonds is 14. The highest BCUT2D eigenvalue weighted by Gasteiger charge is 2.53. The Labute approximate surface area is 293 Å². The molecule has 2 aliphatic heterocycles. The van der Waals surface area contributed by atoms with Crippen molar-refractivity contribution in [3.05, 3.63) is 12.7 Å². The van der Waals surface area contributed by atoms with Crippen LogP contribution >= 0.6 is 23.5 Å². The van der Waals surface area contributed by atoms with Crippen LogP contribution in [0.2, 0.25) is 0 Å². The molecule has 0 bridgehead atoms. The van der Waals surface area contributed by atoms with Gasteiger partial charge in [0.2, 0.25) is 17.6 Å². The van der Waals surface area contributed by atoms with Crippen LogP contribution in [-0.4, -0.2) is 98.8 Å². The van der Waals surface area contributed by atoms with Crippen LogP contribution in [0.15, 0.2) is 12.7 Å². The lowest BCUT2D eigenvalue weighted by molar-refractivity contribution is -0.158. The number of urea groups is 1. The van der Waals surface area contributed by atoms with Gasteiger partial charge in [-0.25, -0.2) is 9.59 Å². The zero-order valence-electron chi connectivity index (χ0n) is 29.4. The number of nitrogens with one attached hydrogen (secondary N) is 4. The van der Waals surface area contributed by atoms with Crippen molar-refractivity contribution in [2.24, 2.45) is 11.8 Å². The molecule has 3 fully saturated rings. The van der Waals surface area contributed by atoms with E-state index < -0.39 is 59.4 Å². The predicted molar refractivity (Wildman–Crippen MR) is 189 cm³/mol. The molecule has 1 aliphatic carbocycles. The van der Waals surface area contributed by atoms with E-state index in [-0.39, 0.29) is 34.8 Å². The van der Waals surface area contributed by atoms with E-state index in [1.54, 1.807) is 49.2 Å². The molecule has 12 nitrogen and oxygen atoms in total. The van der Waals surface area contributed by atoms with E-state index in [1.807, 2.05) is 20.8 Å². The summed E-state index contributed by atoms with van der Waals surface area (Å²) in [5.41, 5.74) is -0.739. The lowest BCUT2D eigenvalue weighted by atomic mass is 9.83. The van der Waals surface area contributed by atoms with Gasteiger partial charge in [-0.2, -0.15) is 0 Å². The van der Waals surface area contributed by atoms with E-state index in [2.05, 4.69) is 27.8 Å². The largest absolute Gasteiger partial charge is 0.458 e. The van der Waals surface area contributed by atoms with Crippen molar-refractivity contribution in [1.29, 1.82) is 0 Å². The molecule has 48 heavy (non-hydrogen) atoms. The number of ketones is 1. The van der Waals surface area contributed by atoms with Crippen LogP contribution < -0.4 is 21.3 Å². The van der Waals surface area contributed by atoms with Crippen molar-refractivity contribution in [2.45, 2.75) is 127 Å². The highest BCUT2D eigenvalue weighted by Crippen LogP contribution is 2.52. The summed E-state index contributed by atoms with van der Waals surface area (Å²) in [4.78, 5) is 82.1. The van der Waals surface area contributed by atoms with Gasteiger partial charge >= 0.3 is 12.0 Å². The number of carbonyl (C=O) groups is 6. The van der Waals surface area contributed by atoms with Gasteiger partial charge in [-0.05, 0) is 51.9 Å². The number of Topliss-reactive ketones (excluding diaryl/α,β-unsaturated/α-hetero) is 1. The Morgan fingerprint density at radius 2 is 1.65 bits per heavy atom. The second kappa shape index (κ2) is 17.8. The third kappa shape index (κ3) is 10.9. The number of carbonyl (C=O) groups excluding carboxylic acids is 6. The monoisotopic (exact) mass is 709 g/mol. The number of hydrogen-bond donors (Lipinski definition) is 4. The van der Waals surface area contributed by atoms with Gasteiger partial charge in [-0.3, -0.25) is 19.2 Å². The molecule has 2 heterocycles. The first-order valence-electron chi connectivity index (χ1n) is 17.2. The Hall–Kier alpha value is -2.74. The molecule has 3 aliphatic rings. The molecule has 1 saturated carbocycles. The minimum absolute atomic E-state index is 0.123. The summed E-state index contributed by atoms with van der Waals surface area (Å²) in [6, 6.07) is -4.43. The van der Waals surface area contributed by atoms with Gasteiger partial charge in [-0.15, -0.1) is 30.1 Å². The minimum atomic E-state index is -1.04. The quantitative estimate of drug-likeness (QED) is 0.120. The lowest BCUT2D eigenvalue weighted by Gasteiger charge is -2.35. The SMILES string of the molecule is C=CCNC(=O)C(=O)C(CCC)NC(=O)[C@@H]1CC2(CN1C(=O)[C@@H](NC(=O)N[C@H](C(=O)OC(C)(C)C)C(C)C)C1CCCCC1)SCCS2. The maximum Gasteiger partial charge on any atom is 0.329 e. The number of esters is 1. The van der Waals surface area contributed by atoms with Crippen LogP contribution in [0.25, 0.3) is 0 Å². The van der Waals surface area contributed by atoms with E-state index in [9.17, 15) is 28.8 Å². The van der Waals surface area contributed by atoms with Crippen LogP contribution in [0.3, 0.4) is 0 Å². The molecule has 0 aromatic carbocycles. The molecule has 3 rings (SSSR count).